The van der Waals surface area contributed by atoms with Crippen molar-refractivity contribution in [1.82, 2.24) is 20.1 Å². The number of hydrogen-bond donors (Lipinski definition) is 2. The van der Waals surface area contributed by atoms with E-state index in [4.69, 9.17) is 9.84 Å². The molecule has 2 N–H and O–H groups in total. The second-order valence-corrected chi connectivity index (χ2v) is 4.63. The summed E-state index contributed by atoms with van der Waals surface area (Å²) in [5.41, 5.74) is 0. The van der Waals surface area contributed by atoms with Crippen LogP contribution in [0.25, 0.3) is 0 Å². The van der Waals surface area contributed by atoms with Gasteiger partial charge in [-0.3, -0.25) is 9.89 Å². The van der Waals surface area contributed by atoms with Crippen LogP contribution in [0.5, 0.6) is 0 Å². The van der Waals surface area contributed by atoms with Gasteiger partial charge in [-0.1, -0.05) is 13.8 Å². The van der Waals surface area contributed by atoms with Crippen molar-refractivity contribution in [3.05, 3.63) is 11.6 Å². The van der Waals surface area contributed by atoms with Gasteiger partial charge < -0.3 is 14.7 Å². The second kappa shape index (κ2) is 5.35. The van der Waals surface area contributed by atoms with Gasteiger partial charge in [-0.2, -0.15) is 0 Å². The monoisotopic (exact) mass is 268 g/mol. The molecule has 0 radical (unpaired) electrons. The van der Waals surface area contributed by atoms with Crippen molar-refractivity contribution in [2.24, 2.45) is 0 Å². The number of carboxylic acids is 1. The van der Waals surface area contributed by atoms with Crippen LogP contribution in [0.2, 0.25) is 0 Å². The summed E-state index contributed by atoms with van der Waals surface area (Å²) in [5, 5.41) is 15.6. The summed E-state index contributed by atoms with van der Waals surface area (Å²) >= 11 is 0. The highest BCUT2D eigenvalue weighted by molar-refractivity contribution is 5.93. The third-order valence-electron chi connectivity index (χ3n) is 2.92. The Kier molecular flexibility index (Phi) is 3.79. The fourth-order valence-corrected chi connectivity index (χ4v) is 1.81. The van der Waals surface area contributed by atoms with E-state index in [1.54, 1.807) is 0 Å². The third-order valence-corrected chi connectivity index (χ3v) is 2.92. The Balaban J connectivity index is 2.18. The summed E-state index contributed by atoms with van der Waals surface area (Å²) in [6.45, 7) is 4.37. The van der Waals surface area contributed by atoms with E-state index in [0.717, 1.165) is 0 Å². The van der Waals surface area contributed by atoms with Crippen LogP contribution < -0.4 is 0 Å². The summed E-state index contributed by atoms with van der Waals surface area (Å²) in [7, 11) is 0. The van der Waals surface area contributed by atoms with Gasteiger partial charge in [0.25, 0.3) is 5.91 Å². The predicted molar refractivity (Wildman–Crippen MR) is 63.8 cm³/mol. The summed E-state index contributed by atoms with van der Waals surface area (Å²) in [5.74, 6) is -0.860. The molecule has 1 amide bonds. The van der Waals surface area contributed by atoms with E-state index >= 15 is 0 Å². The number of amides is 1. The number of ether oxygens (including phenoxy) is 1. The number of carboxylic acid groups (broad SMARTS) is 1. The van der Waals surface area contributed by atoms with E-state index in [1.807, 2.05) is 13.8 Å². The number of H-pyrrole nitrogens is 1. The summed E-state index contributed by atoms with van der Waals surface area (Å²) in [6, 6.07) is -0.984. The topological polar surface area (TPSA) is 108 Å². The number of rotatable bonds is 3. The molecule has 1 atom stereocenters. The van der Waals surface area contributed by atoms with Crippen LogP contribution in [-0.4, -0.2) is 62.9 Å². The second-order valence-electron chi connectivity index (χ2n) is 4.63. The van der Waals surface area contributed by atoms with Crippen LogP contribution in [0.3, 0.4) is 0 Å². The van der Waals surface area contributed by atoms with Crippen molar-refractivity contribution in [2.45, 2.75) is 25.8 Å². The minimum atomic E-state index is -1.09. The number of carbonyl (C=O) groups excluding carboxylic acids is 1. The van der Waals surface area contributed by atoms with Gasteiger partial charge in [0, 0.05) is 12.5 Å². The van der Waals surface area contributed by atoms with E-state index in [0.29, 0.717) is 12.4 Å². The zero-order chi connectivity index (χ0) is 14.0. The molecule has 1 aliphatic rings. The van der Waals surface area contributed by atoms with Crippen molar-refractivity contribution in [1.29, 1.82) is 0 Å². The number of hydrogen-bond acceptors (Lipinski definition) is 5. The first-order valence-electron chi connectivity index (χ1n) is 6.04. The third kappa shape index (κ3) is 2.73. The Morgan fingerprint density at radius 3 is 2.84 bits per heavy atom. The number of aromatic amines is 1. The molecule has 8 nitrogen and oxygen atoms in total. The molecular formula is C11H16N4O4. The largest absolute Gasteiger partial charge is 0.480 e. The number of aliphatic carboxylic acids is 1. The van der Waals surface area contributed by atoms with Gasteiger partial charge in [-0.15, -0.1) is 5.10 Å². The first-order valence-corrected chi connectivity index (χ1v) is 6.04. The highest BCUT2D eigenvalue weighted by Gasteiger charge is 2.34. The molecule has 1 aromatic heterocycles. The average molecular weight is 268 g/mol. The fraction of sp³-hybridized carbons (Fsp3) is 0.636. The lowest BCUT2D eigenvalue weighted by atomic mass is 10.2. The maximum absolute atomic E-state index is 12.2. The van der Waals surface area contributed by atoms with Crippen molar-refractivity contribution in [2.75, 3.05) is 19.8 Å². The van der Waals surface area contributed by atoms with Crippen LogP contribution >= 0.6 is 0 Å². The van der Waals surface area contributed by atoms with Crippen LogP contribution in [0.15, 0.2) is 0 Å². The molecule has 104 valence electrons. The van der Waals surface area contributed by atoms with E-state index in [9.17, 15) is 9.59 Å². The highest BCUT2D eigenvalue weighted by atomic mass is 16.5. The SMILES string of the molecule is CC(C)c1nc(C(=O)N2CCOCC2C(=O)O)n[nH]1. The number of aromatic nitrogens is 3. The molecule has 0 bridgehead atoms. The Morgan fingerprint density at radius 1 is 1.53 bits per heavy atom. The van der Waals surface area contributed by atoms with Crippen molar-refractivity contribution in [3.63, 3.8) is 0 Å². The van der Waals surface area contributed by atoms with Gasteiger partial charge in [0.1, 0.15) is 5.82 Å². The molecule has 1 saturated heterocycles. The standard InChI is InChI=1S/C11H16N4O4/c1-6(2)8-12-9(14-13-8)10(16)15-3-4-19-5-7(15)11(17)18/h6-7H,3-5H2,1-2H3,(H,17,18)(H,12,13,14). The number of nitrogens with one attached hydrogen (secondary N) is 1. The maximum Gasteiger partial charge on any atom is 0.328 e. The maximum atomic E-state index is 12.2. The molecule has 8 heteroatoms. The predicted octanol–water partition coefficient (Wildman–Crippen LogP) is -0.146. The molecule has 0 spiro atoms. The molecule has 0 aliphatic carbocycles. The Bertz CT molecular complexity index is 485. The average Bonchev–Trinajstić information content (AvgIpc) is 2.87. The van der Waals surface area contributed by atoms with Gasteiger partial charge in [0.2, 0.25) is 5.82 Å². The van der Waals surface area contributed by atoms with Gasteiger partial charge >= 0.3 is 5.97 Å². The minimum Gasteiger partial charge on any atom is -0.480 e. The van der Waals surface area contributed by atoms with E-state index < -0.39 is 17.9 Å². The zero-order valence-electron chi connectivity index (χ0n) is 10.8. The smallest absolute Gasteiger partial charge is 0.328 e. The van der Waals surface area contributed by atoms with Gasteiger partial charge in [0.05, 0.1) is 13.2 Å². The first-order chi connectivity index (χ1) is 9.00. The first kappa shape index (κ1) is 13.5. The molecule has 19 heavy (non-hydrogen) atoms. The lowest BCUT2D eigenvalue weighted by molar-refractivity contribution is -0.147. The van der Waals surface area contributed by atoms with Crippen LogP contribution in [0.4, 0.5) is 0 Å². The summed E-state index contributed by atoms with van der Waals surface area (Å²) in [4.78, 5) is 28.6. The number of nitrogens with zero attached hydrogens (tertiary/aromatic N) is 3. The van der Waals surface area contributed by atoms with Gasteiger partial charge in [-0.05, 0) is 0 Å². The number of morpholine rings is 1. The normalized spacial score (nSPS) is 19.7. The quantitative estimate of drug-likeness (QED) is 0.789. The van der Waals surface area contributed by atoms with E-state index in [-0.39, 0.29) is 24.9 Å². The Labute approximate surface area is 109 Å². The summed E-state index contributed by atoms with van der Waals surface area (Å²) in [6.07, 6.45) is 0. The molecule has 1 aliphatic heterocycles. The minimum absolute atomic E-state index is 0.00292. The molecule has 1 fully saturated rings. The van der Waals surface area contributed by atoms with Crippen molar-refractivity contribution in [3.8, 4) is 0 Å². The lowest BCUT2D eigenvalue weighted by Crippen LogP contribution is -2.52. The Morgan fingerprint density at radius 2 is 2.26 bits per heavy atom. The zero-order valence-corrected chi connectivity index (χ0v) is 10.8. The molecule has 1 unspecified atom stereocenters. The van der Waals surface area contributed by atoms with Crippen molar-refractivity contribution < 1.29 is 19.4 Å². The lowest BCUT2D eigenvalue weighted by Gasteiger charge is -2.31. The highest BCUT2D eigenvalue weighted by Crippen LogP contribution is 2.13. The molecular weight excluding hydrogens is 252 g/mol. The molecule has 2 heterocycles. The Hall–Kier alpha value is -1.96. The van der Waals surface area contributed by atoms with Crippen LogP contribution in [0.1, 0.15) is 36.2 Å². The fourth-order valence-electron chi connectivity index (χ4n) is 1.81. The van der Waals surface area contributed by atoms with Crippen LogP contribution in [0, 0.1) is 0 Å². The van der Waals surface area contributed by atoms with Crippen LogP contribution in [-0.2, 0) is 9.53 Å². The van der Waals surface area contributed by atoms with E-state index in [1.165, 1.54) is 4.90 Å². The molecule has 2 rings (SSSR count). The van der Waals surface area contributed by atoms with E-state index in [2.05, 4.69) is 15.2 Å². The summed E-state index contributed by atoms with van der Waals surface area (Å²) < 4.78 is 5.08. The number of carbonyl (C=O) groups is 2. The molecule has 0 saturated carbocycles. The van der Waals surface area contributed by atoms with Gasteiger partial charge in [-0.25, -0.2) is 9.78 Å². The molecule has 1 aromatic rings. The molecule has 0 aromatic carbocycles. The van der Waals surface area contributed by atoms with Gasteiger partial charge in [0.15, 0.2) is 6.04 Å². The van der Waals surface area contributed by atoms with Crippen molar-refractivity contribution >= 4 is 11.9 Å².